The van der Waals surface area contributed by atoms with Crippen molar-refractivity contribution >= 4 is 29.2 Å². The normalized spacial score (nSPS) is 12.2. The predicted molar refractivity (Wildman–Crippen MR) is 76.9 cm³/mol. The lowest BCUT2D eigenvalue weighted by Gasteiger charge is -2.14. The average molecular weight is 313 g/mol. The summed E-state index contributed by atoms with van der Waals surface area (Å²) in [7, 11) is 0. The summed E-state index contributed by atoms with van der Waals surface area (Å²) in [6.45, 7) is 0. The number of rotatable bonds is 4. The molecular formula is C15H11Cl2FO2. The van der Waals surface area contributed by atoms with Gasteiger partial charge in [-0.1, -0.05) is 41.4 Å². The molecule has 2 aromatic carbocycles. The molecule has 2 rings (SSSR count). The Morgan fingerprint density at radius 1 is 1.20 bits per heavy atom. The van der Waals surface area contributed by atoms with Gasteiger partial charge in [-0.25, -0.2) is 4.39 Å². The molecule has 104 valence electrons. The minimum atomic E-state index is -1.02. The highest BCUT2D eigenvalue weighted by molar-refractivity contribution is 6.35. The molecular weight excluding hydrogens is 302 g/mol. The summed E-state index contributed by atoms with van der Waals surface area (Å²) < 4.78 is 13.2. The molecule has 0 aliphatic heterocycles. The summed E-state index contributed by atoms with van der Waals surface area (Å²) in [6.07, 6.45) is 0.161. The summed E-state index contributed by atoms with van der Waals surface area (Å²) in [5.74, 6) is -2.26. The van der Waals surface area contributed by atoms with Gasteiger partial charge in [0.05, 0.1) is 5.92 Å². The van der Waals surface area contributed by atoms with E-state index in [1.807, 2.05) is 0 Å². The Balaban J connectivity index is 2.34. The fraction of sp³-hybridized carbons (Fsp3) is 0.133. The minimum absolute atomic E-state index is 0.161. The molecule has 0 fully saturated rings. The van der Waals surface area contributed by atoms with Crippen molar-refractivity contribution in [2.24, 2.45) is 0 Å². The van der Waals surface area contributed by atoms with E-state index in [9.17, 15) is 14.3 Å². The van der Waals surface area contributed by atoms with Crippen molar-refractivity contribution in [2.75, 3.05) is 0 Å². The van der Waals surface area contributed by atoms with Gasteiger partial charge >= 0.3 is 5.97 Å². The summed E-state index contributed by atoms with van der Waals surface area (Å²) in [4.78, 5) is 11.4. The molecule has 5 heteroatoms. The van der Waals surface area contributed by atoms with E-state index in [1.165, 1.54) is 18.2 Å². The van der Waals surface area contributed by atoms with Crippen LogP contribution in [0.3, 0.4) is 0 Å². The fourth-order valence-corrected chi connectivity index (χ4v) is 2.55. The maximum absolute atomic E-state index is 13.2. The van der Waals surface area contributed by atoms with Gasteiger partial charge in [0.25, 0.3) is 0 Å². The Bertz CT molecular complexity index is 644. The number of carboxylic acids is 1. The van der Waals surface area contributed by atoms with Crippen LogP contribution in [0.5, 0.6) is 0 Å². The van der Waals surface area contributed by atoms with Crippen LogP contribution in [-0.2, 0) is 11.2 Å². The molecule has 0 saturated carbocycles. The monoisotopic (exact) mass is 312 g/mol. The van der Waals surface area contributed by atoms with Crippen molar-refractivity contribution in [3.05, 3.63) is 69.5 Å². The number of hydrogen-bond acceptors (Lipinski definition) is 1. The van der Waals surface area contributed by atoms with Crippen LogP contribution in [0.2, 0.25) is 10.0 Å². The number of aliphatic carboxylic acids is 1. The van der Waals surface area contributed by atoms with E-state index in [-0.39, 0.29) is 6.42 Å². The first-order chi connectivity index (χ1) is 9.47. The molecule has 0 saturated heterocycles. The van der Waals surface area contributed by atoms with Gasteiger partial charge in [0, 0.05) is 10.0 Å². The topological polar surface area (TPSA) is 37.3 Å². The first-order valence-electron chi connectivity index (χ1n) is 5.89. The fourth-order valence-electron chi connectivity index (χ4n) is 2.01. The second-order valence-corrected chi connectivity index (χ2v) is 5.23. The SMILES string of the molecule is O=C(O)C(Cc1cccc(F)c1)c1ccc(Cl)cc1Cl. The van der Waals surface area contributed by atoms with Gasteiger partial charge in [0.1, 0.15) is 5.82 Å². The van der Waals surface area contributed by atoms with Crippen molar-refractivity contribution in [3.8, 4) is 0 Å². The first kappa shape index (κ1) is 14.8. The van der Waals surface area contributed by atoms with Crippen molar-refractivity contribution in [2.45, 2.75) is 12.3 Å². The number of carbonyl (C=O) groups is 1. The van der Waals surface area contributed by atoms with Crippen molar-refractivity contribution in [1.29, 1.82) is 0 Å². The minimum Gasteiger partial charge on any atom is -0.481 e. The molecule has 0 spiro atoms. The van der Waals surface area contributed by atoms with E-state index in [0.29, 0.717) is 21.2 Å². The van der Waals surface area contributed by atoms with Crippen molar-refractivity contribution in [3.63, 3.8) is 0 Å². The van der Waals surface area contributed by atoms with Gasteiger partial charge in [-0.2, -0.15) is 0 Å². The summed E-state index contributed by atoms with van der Waals surface area (Å²) in [6, 6.07) is 10.5. The van der Waals surface area contributed by atoms with Crippen LogP contribution in [-0.4, -0.2) is 11.1 Å². The molecule has 0 amide bonds. The Hall–Kier alpha value is -1.58. The van der Waals surface area contributed by atoms with E-state index in [0.717, 1.165) is 0 Å². The van der Waals surface area contributed by atoms with E-state index >= 15 is 0 Å². The number of hydrogen-bond donors (Lipinski definition) is 1. The molecule has 1 atom stereocenters. The number of carboxylic acid groups (broad SMARTS) is 1. The smallest absolute Gasteiger partial charge is 0.311 e. The third-order valence-corrected chi connectivity index (χ3v) is 3.53. The molecule has 0 aliphatic carbocycles. The highest BCUT2D eigenvalue weighted by Gasteiger charge is 2.23. The molecule has 0 aliphatic rings. The highest BCUT2D eigenvalue weighted by atomic mass is 35.5. The Kier molecular flexibility index (Phi) is 4.63. The summed E-state index contributed by atoms with van der Waals surface area (Å²) >= 11 is 11.8. The van der Waals surface area contributed by atoms with Gasteiger partial charge in [-0.05, 0) is 41.8 Å². The van der Waals surface area contributed by atoms with Crippen LogP contribution in [0.4, 0.5) is 4.39 Å². The van der Waals surface area contributed by atoms with E-state index in [2.05, 4.69) is 0 Å². The zero-order valence-electron chi connectivity index (χ0n) is 10.3. The van der Waals surface area contributed by atoms with Crippen LogP contribution in [0.25, 0.3) is 0 Å². The molecule has 2 nitrogen and oxygen atoms in total. The van der Waals surface area contributed by atoms with Gasteiger partial charge in [-0.3, -0.25) is 4.79 Å². The lowest BCUT2D eigenvalue weighted by Crippen LogP contribution is -2.15. The molecule has 1 N–H and O–H groups in total. The lowest BCUT2D eigenvalue weighted by atomic mass is 9.92. The van der Waals surface area contributed by atoms with Crippen molar-refractivity contribution < 1.29 is 14.3 Å². The summed E-state index contributed by atoms with van der Waals surface area (Å²) in [5, 5.41) is 10.1. The Morgan fingerprint density at radius 2 is 1.95 bits per heavy atom. The van der Waals surface area contributed by atoms with E-state index < -0.39 is 17.7 Å². The average Bonchev–Trinajstić information content (AvgIpc) is 2.36. The maximum Gasteiger partial charge on any atom is 0.311 e. The number of benzene rings is 2. The zero-order valence-corrected chi connectivity index (χ0v) is 11.8. The van der Waals surface area contributed by atoms with Crippen LogP contribution >= 0.6 is 23.2 Å². The highest BCUT2D eigenvalue weighted by Crippen LogP contribution is 2.30. The molecule has 1 unspecified atom stereocenters. The van der Waals surface area contributed by atoms with Gasteiger partial charge < -0.3 is 5.11 Å². The largest absolute Gasteiger partial charge is 0.481 e. The van der Waals surface area contributed by atoms with Crippen LogP contribution in [0, 0.1) is 5.82 Å². The molecule has 20 heavy (non-hydrogen) atoms. The molecule has 0 bridgehead atoms. The summed E-state index contributed by atoms with van der Waals surface area (Å²) in [5.41, 5.74) is 1.07. The zero-order chi connectivity index (χ0) is 14.7. The van der Waals surface area contributed by atoms with Gasteiger partial charge in [0.15, 0.2) is 0 Å². The van der Waals surface area contributed by atoms with E-state index in [4.69, 9.17) is 23.2 Å². The Morgan fingerprint density at radius 3 is 2.55 bits per heavy atom. The van der Waals surface area contributed by atoms with Crippen LogP contribution in [0.1, 0.15) is 17.0 Å². The Labute approximate surface area is 125 Å². The van der Waals surface area contributed by atoms with Crippen LogP contribution in [0.15, 0.2) is 42.5 Å². The third kappa shape index (κ3) is 3.50. The maximum atomic E-state index is 13.2. The van der Waals surface area contributed by atoms with E-state index in [1.54, 1.807) is 24.3 Å². The quantitative estimate of drug-likeness (QED) is 0.899. The van der Waals surface area contributed by atoms with Gasteiger partial charge in [-0.15, -0.1) is 0 Å². The molecule has 0 radical (unpaired) electrons. The van der Waals surface area contributed by atoms with Crippen LogP contribution < -0.4 is 0 Å². The van der Waals surface area contributed by atoms with Crippen molar-refractivity contribution in [1.82, 2.24) is 0 Å². The second kappa shape index (κ2) is 6.25. The molecule has 0 aromatic heterocycles. The molecule has 2 aromatic rings. The third-order valence-electron chi connectivity index (χ3n) is 2.96. The van der Waals surface area contributed by atoms with Gasteiger partial charge in [0.2, 0.25) is 0 Å². The molecule has 0 heterocycles. The first-order valence-corrected chi connectivity index (χ1v) is 6.65. The second-order valence-electron chi connectivity index (χ2n) is 4.39. The predicted octanol–water partition coefficient (Wildman–Crippen LogP) is 4.54. The number of halogens is 3. The standard InChI is InChI=1S/C15H11Cl2FO2/c16-10-4-5-12(14(17)8-10)13(15(19)20)7-9-2-1-3-11(18)6-9/h1-6,8,13H,7H2,(H,19,20). The lowest BCUT2D eigenvalue weighted by molar-refractivity contribution is -0.138.